The van der Waals surface area contributed by atoms with Gasteiger partial charge < -0.3 is 14.9 Å². The van der Waals surface area contributed by atoms with Gasteiger partial charge in [-0.2, -0.15) is 0 Å². The van der Waals surface area contributed by atoms with Crippen LogP contribution in [-0.4, -0.2) is 46.6 Å². The number of piperazine rings is 1. The number of anilines is 1. The Labute approximate surface area is 112 Å². The van der Waals surface area contributed by atoms with Crippen molar-refractivity contribution in [3.8, 4) is 0 Å². The lowest BCUT2D eigenvalue weighted by molar-refractivity contribution is -0.129. The van der Waals surface area contributed by atoms with E-state index >= 15 is 0 Å². The third kappa shape index (κ3) is 2.30. The maximum Gasteiger partial charge on any atom is 0.223 e. The van der Waals surface area contributed by atoms with Gasteiger partial charge in [-0.1, -0.05) is 6.07 Å². The minimum absolute atomic E-state index is 0.294. The molecule has 1 N–H and O–H groups in total. The van der Waals surface area contributed by atoms with E-state index in [9.17, 15) is 9.90 Å². The van der Waals surface area contributed by atoms with Gasteiger partial charge in [0.25, 0.3) is 0 Å². The first-order chi connectivity index (χ1) is 9.15. The summed E-state index contributed by atoms with van der Waals surface area (Å²) in [7, 11) is 0. The molecule has 0 aromatic carbocycles. The van der Waals surface area contributed by atoms with Crippen LogP contribution in [0.4, 0.5) is 5.82 Å². The van der Waals surface area contributed by atoms with Crippen LogP contribution in [0.5, 0.6) is 0 Å². The van der Waals surface area contributed by atoms with Crippen LogP contribution >= 0.6 is 0 Å². The first kappa shape index (κ1) is 12.4. The number of amides is 1. The minimum atomic E-state index is -0.481. The lowest BCUT2D eigenvalue weighted by Gasteiger charge is -2.38. The number of aromatic nitrogens is 1. The van der Waals surface area contributed by atoms with Crippen molar-refractivity contribution in [2.24, 2.45) is 0 Å². The van der Waals surface area contributed by atoms with E-state index < -0.39 is 6.10 Å². The SMILES string of the molecule is CC(O)c1ccc(N2CCN3C(=O)CCC3C2)nc1. The van der Waals surface area contributed by atoms with Crippen molar-refractivity contribution >= 4 is 11.7 Å². The van der Waals surface area contributed by atoms with Crippen molar-refractivity contribution in [3.05, 3.63) is 23.9 Å². The zero-order valence-corrected chi connectivity index (χ0v) is 11.1. The van der Waals surface area contributed by atoms with E-state index in [0.717, 1.165) is 37.4 Å². The van der Waals surface area contributed by atoms with Crippen LogP contribution in [0.15, 0.2) is 18.3 Å². The van der Waals surface area contributed by atoms with Crippen LogP contribution in [0.2, 0.25) is 0 Å². The van der Waals surface area contributed by atoms with Crippen LogP contribution in [-0.2, 0) is 4.79 Å². The summed E-state index contributed by atoms with van der Waals surface area (Å²) in [5, 5.41) is 9.48. The molecular weight excluding hydrogens is 242 g/mol. The van der Waals surface area contributed by atoms with Crippen LogP contribution in [0.3, 0.4) is 0 Å². The molecule has 2 fully saturated rings. The Balaban J connectivity index is 1.71. The van der Waals surface area contributed by atoms with Gasteiger partial charge in [0.15, 0.2) is 0 Å². The first-order valence-corrected chi connectivity index (χ1v) is 6.83. The highest BCUT2D eigenvalue weighted by atomic mass is 16.3. The number of carbonyl (C=O) groups excluding carboxylic acids is 1. The number of nitrogens with zero attached hydrogens (tertiary/aromatic N) is 3. The molecule has 2 aliphatic heterocycles. The summed E-state index contributed by atoms with van der Waals surface area (Å²) in [6, 6.07) is 4.22. The zero-order valence-electron chi connectivity index (χ0n) is 11.1. The van der Waals surface area contributed by atoms with Crippen LogP contribution in [0, 0.1) is 0 Å². The highest BCUT2D eigenvalue weighted by Gasteiger charge is 2.35. The molecule has 2 atom stereocenters. The van der Waals surface area contributed by atoms with Crippen LogP contribution in [0.25, 0.3) is 0 Å². The van der Waals surface area contributed by atoms with Crippen molar-refractivity contribution in [2.45, 2.75) is 31.9 Å². The van der Waals surface area contributed by atoms with Crippen molar-refractivity contribution in [2.75, 3.05) is 24.5 Å². The molecule has 2 aliphatic rings. The molecule has 102 valence electrons. The highest BCUT2D eigenvalue weighted by Crippen LogP contribution is 2.25. The quantitative estimate of drug-likeness (QED) is 0.861. The summed E-state index contributed by atoms with van der Waals surface area (Å²) in [6.45, 7) is 4.24. The second kappa shape index (κ2) is 4.81. The Morgan fingerprint density at radius 1 is 1.42 bits per heavy atom. The Kier molecular flexibility index (Phi) is 3.14. The standard InChI is InChI=1S/C14H19N3O2/c1-10(18)11-2-4-13(15-8-11)16-6-7-17-12(9-16)3-5-14(17)19/h2,4,8,10,12,18H,3,5-7,9H2,1H3. The Morgan fingerprint density at radius 2 is 2.26 bits per heavy atom. The molecule has 1 aromatic heterocycles. The molecule has 3 heterocycles. The van der Waals surface area contributed by atoms with Gasteiger partial charge in [-0.3, -0.25) is 4.79 Å². The number of aliphatic hydroxyl groups excluding tert-OH is 1. The van der Waals surface area contributed by atoms with E-state index in [4.69, 9.17) is 0 Å². The molecule has 0 radical (unpaired) electrons. The fourth-order valence-electron chi connectivity index (χ4n) is 2.90. The van der Waals surface area contributed by atoms with E-state index in [0.29, 0.717) is 18.4 Å². The molecule has 2 saturated heterocycles. The summed E-state index contributed by atoms with van der Waals surface area (Å²) < 4.78 is 0. The first-order valence-electron chi connectivity index (χ1n) is 6.83. The van der Waals surface area contributed by atoms with Crippen molar-refractivity contribution < 1.29 is 9.90 Å². The fraction of sp³-hybridized carbons (Fsp3) is 0.571. The summed E-state index contributed by atoms with van der Waals surface area (Å²) in [5.41, 5.74) is 0.832. The number of hydrogen-bond donors (Lipinski definition) is 1. The van der Waals surface area contributed by atoms with E-state index in [1.807, 2.05) is 17.0 Å². The molecule has 0 aliphatic carbocycles. The number of pyridine rings is 1. The van der Waals surface area contributed by atoms with Crippen LogP contribution in [0.1, 0.15) is 31.4 Å². The van der Waals surface area contributed by atoms with Gasteiger partial charge >= 0.3 is 0 Å². The smallest absolute Gasteiger partial charge is 0.223 e. The summed E-state index contributed by atoms with van der Waals surface area (Å²) in [4.78, 5) is 20.3. The minimum Gasteiger partial charge on any atom is -0.389 e. The van der Waals surface area contributed by atoms with Gasteiger partial charge in [0, 0.05) is 38.3 Å². The largest absolute Gasteiger partial charge is 0.389 e. The van der Waals surface area contributed by atoms with E-state index in [-0.39, 0.29) is 0 Å². The topological polar surface area (TPSA) is 56.7 Å². The van der Waals surface area contributed by atoms with Crippen molar-refractivity contribution in [1.82, 2.24) is 9.88 Å². The Bertz CT molecular complexity index is 472. The van der Waals surface area contributed by atoms with Gasteiger partial charge in [0.1, 0.15) is 5.82 Å². The highest BCUT2D eigenvalue weighted by molar-refractivity contribution is 5.79. The van der Waals surface area contributed by atoms with E-state index in [1.54, 1.807) is 13.1 Å². The molecule has 5 heteroatoms. The van der Waals surface area contributed by atoms with Crippen molar-refractivity contribution in [1.29, 1.82) is 0 Å². The number of aliphatic hydroxyl groups is 1. The van der Waals surface area contributed by atoms with E-state index in [1.165, 1.54) is 0 Å². The monoisotopic (exact) mass is 261 g/mol. The number of fused-ring (bicyclic) bond motifs is 1. The summed E-state index contributed by atoms with van der Waals surface area (Å²) >= 11 is 0. The summed E-state index contributed by atoms with van der Waals surface area (Å²) in [5.74, 6) is 1.23. The number of rotatable bonds is 2. The van der Waals surface area contributed by atoms with E-state index in [2.05, 4.69) is 9.88 Å². The maximum atomic E-state index is 11.6. The second-order valence-electron chi connectivity index (χ2n) is 5.35. The number of carbonyl (C=O) groups is 1. The lowest BCUT2D eigenvalue weighted by Crippen LogP contribution is -2.51. The average molecular weight is 261 g/mol. The van der Waals surface area contributed by atoms with Gasteiger partial charge in [0.2, 0.25) is 5.91 Å². The normalized spacial score (nSPS) is 24.5. The molecule has 5 nitrogen and oxygen atoms in total. The lowest BCUT2D eigenvalue weighted by atomic mass is 10.1. The van der Waals surface area contributed by atoms with Gasteiger partial charge in [-0.25, -0.2) is 4.98 Å². The Hall–Kier alpha value is -1.62. The Morgan fingerprint density at radius 3 is 2.95 bits per heavy atom. The maximum absolute atomic E-state index is 11.6. The van der Waals surface area contributed by atoms with Crippen molar-refractivity contribution in [3.63, 3.8) is 0 Å². The second-order valence-corrected chi connectivity index (χ2v) is 5.35. The van der Waals surface area contributed by atoms with Crippen LogP contribution < -0.4 is 4.90 Å². The average Bonchev–Trinajstić information content (AvgIpc) is 2.80. The molecule has 1 amide bonds. The zero-order chi connectivity index (χ0) is 13.4. The molecular formula is C14H19N3O2. The molecule has 0 saturated carbocycles. The van der Waals surface area contributed by atoms with Gasteiger partial charge in [0.05, 0.1) is 6.10 Å². The fourth-order valence-corrected chi connectivity index (χ4v) is 2.90. The molecule has 2 unspecified atom stereocenters. The van der Waals surface area contributed by atoms with Gasteiger partial charge in [-0.05, 0) is 25.0 Å². The van der Waals surface area contributed by atoms with Gasteiger partial charge in [-0.15, -0.1) is 0 Å². The third-order valence-corrected chi connectivity index (χ3v) is 4.07. The number of hydrogen-bond acceptors (Lipinski definition) is 4. The predicted octanol–water partition coefficient (Wildman–Crippen LogP) is 0.946. The predicted molar refractivity (Wildman–Crippen MR) is 71.8 cm³/mol. The third-order valence-electron chi connectivity index (χ3n) is 4.07. The molecule has 3 rings (SSSR count). The molecule has 0 spiro atoms. The molecule has 19 heavy (non-hydrogen) atoms. The molecule has 1 aromatic rings. The summed E-state index contributed by atoms with van der Waals surface area (Å²) in [6.07, 6.45) is 2.89. The molecule has 0 bridgehead atoms.